The molecule has 0 amide bonds. The van der Waals surface area contributed by atoms with E-state index in [4.69, 9.17) is 0 Å². The summed E-state index contributed by atoms with van der Waals surface area (Å²) in [6, 6.07) is 8.46. The van der Waals surface area contributed by atoms with Crippen molar-refractivity contribution in [3.63, 3.8) is 0 Å². The summed E-state index contributed by atoms with van der Waals surface area (Å²) in [5.74, 6) is 0. The van der Waals surface area contributed by atoms with E-state index in [0.29, 0.717) is 0 Å². The van der Waals surface area contributed by atoms with Gasteiger partial charge in [-0.25, -0.2) is 0 Å². The lowest BCUT2D eigenvalue weighted by Gasteiger charge is -2.09. The van der Waals surface area contributed by atoms with E-state index in [-0.39, 0.29) is 0 Å². The fourth-order valence-corrected chi connectivity index (χ4v) is 2.29. The summed E-state index contributed by atoms with van der Waals surface area (Å²) in [5, 5.41) is 9.44. The fraction of sp³-hybridized carbons (Fsp3) is 0.533. The quantitative estimate of drug-likeness (QED) is 0.774. The lowest BCUT2D eigenvalue weighted by Crippen LogP contribution is -2.21. The summed E-state index contributed by atoms with van der Waals surface area (Å²) >= 11 is 0. The smallest absolute Gasteiger partial charge is 0.0841 e. The molecule has 0 bridgehead atoms. The van der Waals surface area contributed by atoms with Crippen LogP contribution in [0, 0.1) is 0 Å². The maximum Gasteiger partial charge on any atom is 0.0841 e. The molecule has 4 nitrogen and oxygen atoms in total. The number of rotatable bonds is 7. The maximum absolute atomic E-state index is 4.68. The SMILES string of the molecule is CCn1nc(CNCCCN(C)C)c2ccccc21. The van der Waals surface area contributed by atoms with Crippen molar-refractivity contribution in [1.82, 2.24) is 20.0 Å². The number of aryl methyl sites for hydroxylation is 1. The summed E-state index contributed by atoms with van der Waals surface area (Å²) < 4.78 is 2.08. The van der Waals surface area contributed by atoms with Gasteiger partial charge in [-0.15, -0.1) is 0 Å². The molecule has 0 unspecified atom stereocenters. The number of fused-ring (bicyclic) bond motifs is 1. The van der Waals surface area contributed by atoms with Crippen LogP contribution >= 0.6 is 0 Å². The van der Waals surface area contributed by atoms with Gasteiger partial charge < -0.3 is 10.2 Å². The fourth-order valence-electron chi connectivity index (χ4n) is 2.29. The van der Waals surface area contributed by atoms with Crippen molar-refractivity contribution in [2.75, 3.05) is 27.2 Å². The van der Waals surface area contributed by atoms with Gasteiger partial charge >= 0.3 is 0 Å². The minimum absolute atomic E-state index is 0.848. The molecule has 2 rings (SSSR count). The standard InChI is InChI=1S/C15H24N4/c1-4-19-15-9-6-5-8-13(15)14(17-19)12-16-10-7-11-18(2)3/h5-6,8-9,16H,4,7,10-12H2,1-3H3. The average Bonchev–Trinajstić information content (AvgIpc) is 2.76. The zero-order valence-electron chi connectivity index (χ0n) is 12.2. The highest BCUT2D eigenvalue weighted by atomic mass is 15.3. The van der Waals surface area contributed by atoms with Crippen LogP contribution in [0.15, 0.2) is 24.3 Å². The van der Waals surface area contributed by atoms with Crippen LogP contribution in [-0.2, 0) is 13.1 Å². The van der Waals surface area contributed by atoms with E-state index in [2.05, 4.69) is 65.3 Å². The van der Waals surface area contributed by atoms with Crippen molar-refractivity contribution in [2.24, 2.45) is 0 Å². The van der Waals surface area contributed by atoms with Crippen LogP contribution in [0.25, 0.3) is 10.9 Å². The zero-order chi connectivity index (χ0) is 13.7. The van der Waals surface area contributed by atoms with Crippen molar-refractivity contribution < 1.29 is 0 Å². The molecule has 1 heterocycles. The van der Waals surface area contributed by atoms with Gasteiger partial charge in [0, 0.05) is 18.5 Å². The van der Waals surface area contributed by atoms with Crippen LogP contribution < -0.4 is 5.32 Å². The van der Waals surface area contributed by atoms with Gasteiger partial charge in [0.25, 0.3) is 0 Å². The van der Waals surface area contributed by atoms with E-state index in [1.165, 1.54) is 17.3 Å². The normalized spacial score (nSPS) is 11.6. The monoisotopic (exact) mass is 260 g/mol. The molecule has 104 valence electrons. The zero-order valence-corrected chi connectivity index (χ0v) is 12.2. The number of para-hydroxylation sites is 1. The van der Waals surface area contributed by atoms with E-state index in [9.17, 15) is 0 Å². The molecule has 1 N–H and O–H groups in total. The third-order valence-corrected chi connectivity index (χ3v) is 3.29. The van der Waals surface area contributed by atoms with E-state index in [1.807, 2.05) is 0 Å². The highest BCUT2D eigenvalue weighted by Gasteiger charge is 2.07. The van der Waals surface area contributed by atoms with Crippen molar-refractivity contribution in [3.8, 4) is 0 Å². The van der Waals surface area contributed by atoms with Gasteiger partial charge in [-0.2, -0.15) is 5.10 Å². The molecule has 0 radical (unpaired) electrons. The third kappa shape index (κ3) is 3.55. The number of hydrogen-bond donors (Lipinski definition) is 1. The Morgan fingerprint density at radius 2 is 2.05 bits per heavy atom. The van der Waals surface area contributed by atoms with Crippen LogP contribution in [-0.4, -0.2) is 41.9 Å². The largest absolute Gasteiger partial charge is 0.311 e. The molecule has 19 heavy (non-hydrogen) atoms. The molecule has 0 saturated heterocycles. The average molecular weight is 260 g/mol. The number of nitrogens with one attached hydrogen (secondary N) is 1. The number of hydrogen-bond acceptors (Lipinski definition) is 3. The number of aromatic nitrogens is 2. The Bertz CT molecular complexity index is 516. The molecule has 0 spiro atoms. The van der Waals surface area contributed by atoms with Crippen LogP contribution in [0.2, 0.25) is 0 Å². The minimum Gasteiger partial charge on any atom is -0.311 e. The molecule has 0 atom stereocenters. The number of benzene rings is 1. The van der Waals surface area contributed by atoms with Crippen molar-refractivity contribution >= 4 is 10.9 Å². The first-order valence-electron chi connectivity index (χ1n) is 7.02. The van der Waals surface area contributed by atoms with E-state index in [0.717, 1.165) is 31.9 Å². The predicted octanol–water partition coefficient (Wildman–Crippen LogP) is 2.10. The molecule has 0 saturated carbocycles. The molecule has 1 aromatic heterocycles. The molecular formula is C15H24N4. The minimum atomic E-state index is 0.848. The molecule has 4 heteroatoms. The Morgan fingerprint density at radius 1 is 1.26 bits per heavy atom. The van der Waals surface area contributed by atoms with Crippen LogP contribution in [0.1, 0.15) is 19.0 Å². The predicted molar refractivity (Wildman–Crippen MR) is 80.3 cm³/mol. The van der Waals surface area contributed by atoms with Crippen LogP contribution in [0.3, 0.4) is 0 Å². The second-order valence-corrected chi connectivity index (χ2v) is 5.11. The van der Waals surface area contributed by atoms with Gasteiger partial charge in [0.2, 0.25) is 0 Å². The first kappa shape index (κ1) is 14.0. The lowest BCUT2D eigenvalue weighted by molar-refractivity contribution is 0.394. The van der Waals surface area contributed by atoms with E-state index in [1.54, 1.807) is 0 Å². The van der Waals surface area contributed by atoms with E-state index < -0.39 is 0 Å². The first-order chi connectivity index (χ1) is 9.22. The highest BCUT2D eigenvalue weighted by molar-refractivity contribution is 5.81. The Balaban J connectivity index is 1.97. The molecule has 0 fully saturated rings. The van der Waals surface area contributed by atoms with Crippen molar-refractivity contribution in [1.29, 1.82) is 0 Å². The molecule has 0 aliphatic carbocycles. The Hall–Kier alpha value is -1.39. The summed E-state index contributed by atoms with van der Waals surface area (Å²) in [6.07, 6.45) is 1.17. The summed E-state index contributed by atoms with van der Waals surface area (Å²) in [7, 11) is 4.22. The number of nitrogens with zero attached hydrogens (tertiary/aromatic N) is 3. The molecule has 0 aliphatic heterocycles. The molecule has 1 aromatic carbocycles. The Labute approximate surface area is 115 Å². The molecule has 0 aliphatic rings. The summed E-state index contributed by atoms with van der Waals surface area (Å²) in [6.45, 7) is 6.05. The van der Waals surface area contributed by atoms with Crippen molar-refractivity contribution in [3.05, 3.63) is 30.0 Å². The van der Waals surface area contributed by atoms with Gasteiger partial charge in [0.1, 0.15) is 0 Å². The van der Waals surface area contributed by atoms with Gasteiger partial charge in [0.15, 0.2) is 0 Å². The second kappa shape index (κ2) is 6.68. The van der Waals surface area contributed by atoms with Crippen LogP contribution in [0.5, 0.6) is 0 Å². The Morgan fingerprint density at radius 3 is 2.79 bits per heavy atom. The van der Waals surface area contributed by atoms with E-state index >= 15 is 0 Å². The van der Waals surface area contributed by atoms with Gasteiger partial charge in [0.05, 0.1) is 11.2 Å². The van der Waals surface area contributed by atoms with Gasteiger partial charge in [-0.05, 0) is 46.6 Å². The first-order valence-corrected chi connectivity index (χ1v) is 7.02. The lowest BCUT2D eigenvalue weighted by atomic mass is 10.2. The molecular weight excluding hydrogens is 236 g/mol. The summed E-state index contributed by atoms with van der Waals surface area (Å²) in [5.41, 5.74) is 2.39. The topological polar surface area (TPSA) is 33.1 Å². The van der Waals surface area contributed by atoms with Gasteiger partial charge in [-0.3, -0.25) is 4.68 Å². The third-order valence-electron chi connectivity index (χ3n) is 3.29. The van der Waals surface area contributed by atoms with Crippen LogP contribution in [0.4, 0.5) is 0 Å². The molecule has 2 aromatic rings. The Kier molecular flexibility index (Phi) is 4.93. The highest BCUT2D eigenvalue weighted by Crippen LogP contribution is 2.18. The summed E-state index contributed by atoms with van der Waals surface area (Å²) in [4.78, 5) is 2.21. The second-order valence-electron chi connectivity index (χ2n) is 5.11. The maximum atomic E-state index is 4.68. The van der Waals surface area contributed by atoms with Crippen molar-refractivity contribution in [2.45, 2.75) is 26.4 Å². The van der Waals surface area contributed by atoms with Gasteiger partial charge in [-0.1, -0.05) is 18.2 Å².